The summed E-state index contributed by atoms with van der Waals surface area (Å²) < 4.78 is 7.54. The summed E-state index contributed by atoms with van der Waals surface area (Å²) in [6.07, 6.45) is 3.61. The molecule has 31 heavy (non-hydrogen) atoms. The van der Waals surface area contributed by atoms with Crippen LogP contribution in [0.4, 0.5) is 5.95 Å². The summed E-state index contributed by atoms with van der Waals surface area (Å²) >= 11 is 0. The highest BCUT2D eigenvalue weighted by atomic mass is 16.5. The fraction of sp³-hybridized carbons (Fsp3) is 0.0800. The van der Waals surface area contributed by atoms with Crippen LogP contribution in [0.25, 0.3) is 28.0 Å². The molecule has 0 saturated carbocycles. The summed E-state index contributed by atoms with van der Waals surface area (Å²) in [7, 11) is 1.66. The summed E-state index contributed by atoms with van der Waals surface area (Å²) in [6, 6.07) is 26.2. The van der Waals surface area contributed by atoms with Gasteiger partial charge in [-0.05, 0) is 48.0 Å². The lowest BCUT2D eigenvalue weighted by atomic mass is 10.1. The molecular weight excluding hydrogens is 386 g/mol. The molecule has 0 aliphatic heterocycles. The van der Waals surface area contributed by atoms with Crippen molar-refractivity contribution in [3.8, 4) is 22.7 Å². The number of nitrogens with zero attached hydrogens (tertiary/aromatic N) is 4. The Bertz CT molecular complexity index is 1330. The molecule has 0 bridgehead atoms. The standard InChI is InChI=1S/C25H21N5O/c1-31-24-9-5-2-6-20(24)21-14-15-26-25(29-21)27-16-18-10-12-19(13-11-18)30-17-28-22-7-3-4-8-23(22)30/h2-15,17H,16H2,1H3,(H,26,27,29). The van der Waals surface area contributed by atoms with Gasteiger partial charge in [0.1, 0.15) is 12.1 Å². The van der Waals surface area contributed by atoms with Crippen molar-refractivity contribution < 1.29 is 4.74 Å². The van der Waals surface area contributed by atoms with Gasteiger partial charge in [0.2, 0.25) is 5.95 Å². The zero-order valence-corrected chi connectivity index (χ0v) is 17.1. The van der Waals surface area contributed by atoms with Crippen molar-refractivity contribution in [1.29, 1.82) is 0 Å². The Hall–Kier alpha value is -4.19. The molecule has 0 aliphatic carbocycles. The van der Waals surface area contributed by atoms with Gasteiger partial charge in [-0.2, -0.15) is 0 Å². The number of ether oxygens (including phenoxy) is 1. The molecule has 5 aromatic rings. The molecule has 3 aromatic carbocycles. The van der Waals surface area contributed by atoms with Gasteiger partial charge in [-0.1, -0.05) is 36.4 Å². The maximum absolute atomic E-state index is 5.45. The minimum absolute atomic E-state index is 0.577. The van der Waals surface area contributed by atoms with Crippen molar-refractivity contribution in [2.24, 2.45) is 0 Å². The van der Waals surface area contributed by atoms with Crippen LogP contribution in [-0.2, 0) is 6.54 Å². The third-order valence-electron chi connectivity index (χ3n) is 5.16. The predicted molar refractivity (Wildman–Crippen MR) is 122 cm³/mol. The van der Waals surface area contributed by atoms with Crippen molar-refractivity contribution in [3.63, 3.8) is 0 Å². The van der Waals surface area contributed by atoms with Crippen LogP contribution >= 0.6 is 0 Å². The lowest BCUT2D eigenvalue weighted by Gasteiger charge is -2.10. The maximum atomic E-state index is 5.45. The van der Waals surface area contributed by atoms with Gasteiger partial charge in [0.05, 0.1) is 23.8 Å². The normalized spacial score (nSPS) is 10.9. The minimum Gasteiger partial charge on any atom is -0.496 e. The zero-order chi connectivity index (χ0) is 21.0. The lowest BCUT2D eigenvalue weighted by molar-refractivity contribution is 0.416. The number of methoxy groups -OCH3 is 1. The average Bonchev–Trinajstić information content (AvgIpc) is 3.27. The molecule has 0 fully saturated rings. The van der Waals surface area contributed by atoms with E-state index in [0.717, 1.165) is 39.3 Å². The summed E-state index contributed by atoms with van der Waals surface area (Å²) in [5.41, 5.74) is 6.05. The fourth-order valence-electron chi connectivity index (χ4n) is 3.57. The van der Waals surface area contributed by atoms with Gasteiger partial charge in [0, 0.05) is 24.0 Å². The Balaban J connectivity index is 1.32. The highest BCUT2D eigenvalue weighted by molar-refractivity contribution is 5.77. The van der Waals surface area contributed by atoms with Crippen LogP contribution in [0.3, 0.4) is 0 Å². The number of nitrogens with one attached hydrogen (secondary N) is 1. The van der Waals surface area contributed by atoms with Crippen molar-refractivity contribution in [3.05, 3.63) is 97.0 Å². The molecule has 0 amide bonds. The van der Waals surface area contributed by atoms with Gasteiger partial charge in [0.25, 0.3) is 0 Å². The Kier molecular flexibility index (Phi) is 5.02. The fourth-order valence-corrected chi connectivity index (χ4v) is 3.57. The van der Waals surface area contributed by atoms with Crippen LogP contribution in [-0.4, -0.2) is 26.6 Å². The molecule has 0 saturated heterocycles. The third-order valence-corrected chi connectivity index (χ3v) is 5.16. The van der Waals surface area contributed by atoms with Gasteiger partial charge < -0.3 is 10.1 Å². The average molecular weight is 407 g/mol. The van der Waals surface area contributed by atoms with E-state index in [9.17, 15) is 0 Å². The Morgan fingerprint density at radius 1 is 0.871 bits per heavy atom. The number of rotatable bonds is 6. The summed E-state index contributed by atoms with van der Waals surface area (Å²) in [4.78, 5) is 13.5. The second kappa shape index (κ2) is 8.28. The number of fused-ring (bicyclic) bond motifs is 1. The van der Waals surface area contributed by atoms with Crippen LogP contribution < -0.4 is 10.1 Å². The van der Waals surface area contributed by atoms with Gasteiger partial charge in [-0.3, -0.25) is 4.57 Å². The molecule has 6 nitrogen and oxygen atoms in total. The third kappa shape index (κ3) is 3.83. The topological polar surface area (TPSA) is 64.9 Å². The maximum Gasteiger partial charge on any atom is 0.223 e. The van der Waals surface area contributed by atoms with Crippen LogP contribution in [0, 0.1) is 0 Å². The van der Waals surface area contributed by atoms with Crippen molar-refractivity contribution in [2.75, 3.05) is 12.4 Å². The van der Waals surface area contributed by atoms with Crippen molar-refractivity contribution in [2.45, 2.75) is 6.54 Å². The number of imidazole rings is 1. The van der Waals surface area contributed by atoms with Gasteiger partial charge in [-0.25, -0.2) is 15.0 Å². The first-order valence-electron chi connectivity index (χ1n) is 10.0. The Morgan fingerprint density at radius 3 is 2.55 bits per heavy atom. The number of benzene rings is 3. The van der Waals surface area contributed by atoms with E-state index in [1.54, 1.807) is 13.3 Å². The monoisotopic (exact) mass is 407 g/mol. The van der Waals surface area contributed by atoms with Crippen LogP contribution in [0.15, 0.2) is 91.4 Å². The lowest BCUT2D eigenvalue weighted by Crippen LogP contribution is -2.04. The molecule has 152 valence electrons. The number of anilines is 1. The van der Waals surface area contributed by atoms with E-state index in [-0.39, 0.29) is 0 Å². The summed E-state index contributed by atoms with van der Waals surface area (Å²) in [5.74, 6) is 1.36. The van der Waals surface area contributed by atoms with Crippen LogP contribution in [0.2, 0.25) is 0 Å². The van der Waals surface area contributed by atoms with E-state index >= 15 is 0 Å². The first-order chi connectivity index (χ1) is 15.3. The SMILES string of the molecule is COc1ccccc1-c1ccnc(NCc2ccc(-n3cnc4ccccc43)cc2)n1. The second-order valence-corrected chi connectivity index (χ2v) is 7.09. The molecule has 5 rings (SSSR count). The van der Waals surface area contributed by atoms with Gasteiger partial charge >= 0.3 is 0 Å². The Labute approximate surface area is 180 Å². The van der Waals surface area contributed by atoms with Crippen LogP contribution in [0.1, 0.15) is 5.56 Å². The number of hydrogen-bond donors (Lipinski definition) is 1. The van der Waals surface area contributed by atoms with Gasteiger partial charge in [-0.15, -0.1) is 0 Å². The number of para-hydroxylation sites is 3. The summed E-state index contributed by atoms with van der Waals surface area (Å²) in [6.45, 7) is 0.625. The first kappa shape index (κ1) is 18.8. The van der Waals surface area contributed by atoms with Crippen LogP contribution in [0.5, 0.6) is 5.75 Å². The minimum atomic E-state index is 0.577. The number of hydrogen-bond acceptors (Lipinski definition) is 5. The molecule has 0 spiro atoms. The zero-order valence-electron chi connectivity index (χ0n) is 17.1. The van der Waals surface area contributed by atoms with Crippen molar-refractivity contribution >= 4 is 17.0 Å². The van der Waals surface area contributed by atoms with E-state index < -0.39 is 0 Å². The molecule has 0 aliphatic rings. The van der Waals surface area contributed by atoms with E-state index in [4.69, 9.17) is 4.74 Å². The molecule has 0 atom stereocenters. The Morgan fingerprint density at radius 2 is 1.68 bits per heavy atom. The quantitative estimate of drug-likeness (QED) is 0.424. The van der Waals surface area contributed by atoms with Gasteiger partial charge in [0.15, 0.2) is 0 Å². The van der Waals surface area contributed by atoms with E-state index in [1.807, 2.05) is 54.9 Å². The van der Waals surface area contributed by atoms with E-state index in [0.29, 0.717) is 12.5 Å². The molecule has 6 heteroatoms. The predicted octanol–water partition coefficient (Wildman–Crippen LogP) is 5.10. The smallest absolute Gasteiger partial charge is 0.223 e. The number of aromatic nitrogens is 4. The highest BCUT2D eigenvalue weighted by Gasteiger charge is 2.08. The summed E-state index contributed by atoms with van der Waals surface area (Å²) in [5, 5.41) is 3.31. The van der Waals surface area contributed by atoms with Crippen molar-refractivity contribution in [1.82, 2.24) is 19.5 Å². The molecule has 0 radical (unpaired) electrons. The second-order valence-electron chi connectivity index (χ2n) is 7.09. The molecule has 1 N–H and O–H groups in total. The first-order valence-corrected chi connectivity index (χ1v) is 10.0. The highest BCUT2D eigenvalue weighted by Crippen LogP contribution is 2.28. The molecular formula is C25H21N5O. The molecule has 2 heterocycles. The molecule has 2 aromatic heterocycles. The van der Waals surface area contributed by atoms with E-state index in [2.05, 4.69) is 55.2 Å². The van der Waals surface area contributed by atoms with E-state index in [1.165, 1.54) is 0 Å². The molecule has 0 unspecified atom stereocenters. The largest absolute Gasteiger partial charge is 0.496 e.